The molecule has 2 N–H and O–H groups in total. The number of halogens is 1. The fourth-order valence-electron chi connectivity index (χ4n) is 0.958. The maximum absolute atomic E-state index is 5.47. The molecule has 14 heavy (non-hydrogen) atoms. The lowest BCUT2D eigenvalue weighted by Gasteiger charge is -2.07. The van der Waals surface area contributed by atoms with E-state index in [0.29, 0.717) is 26.4 Å². The third kappa shape index (κ3) is 4.09. The van der Waals surface area contributed by atoms with Crippen LogP contribution in [-0.4, -0.2) is 26.4 Å². The van der Waals surface area contributed by atoms with Crippen molar-refractivity contribution in [1.82, 2.24) is 0 Å². The first-order valence-corrected chi connectivity index (χ1v) is 5.29. The van der Waals surface area contributed by atoms with Crippen LogP contribution in [0.25, 0.3) is 0 Å². The molecule has 0 fully saturated rings. The Bertz CT molecular complexity index is 268. The number of para-hydroxylation sites is 1. The van der Waals surface area contributed by atoms with Crippen molar-refractivity contribution in [1.29, 1.82) is 0 Å². The maximum Gasteiger partial charge on any atom is 0.133 e. The molecule has 4 heteroatoms. The Balaban J connectivity index is 2.21. The molecule has 0 heterocycles. The molecule has 0 bridgehead atoms. The van der Waals surface area contributed by atoms with E-state index in [2.05, 4.69) is 15.9 Å². The van der Waals surface area contributed by atoms with E-state index < -0.39 is 0 Å². The van der Waals surface area contributed by atoms with Crippen molar-refractivity contribution in [3.8, 4) is 5.75 Å². The largest absolute Gasteiger partial charge is 0.490 e. The van der Waals surface area contributed by atoms with Gasteiger partial charge in [0.15, 0.2) is 0 Å². The summed E-state index contributed by atoms with van der Waals surface area (Å²) in [7, 11) is 0. The normalized spacial score (nSPS) is 10.1. The minimum atomic E-state index is 0.544. The van der Waals surface area contributed by atoms with Crippen LogP contribution in [0.5, 0.6) is 5.75 Å². The van der Waals surface area contributed by atoms with E-state index >= 15 is 0 Å². The van der Waals surface area contributed by atoms with Gasteiger partial charge in [-0.15, -0.1) is 0 Å². The minimum absolute atomic E-state index is 0.544. The van der Waals surface area contributed by atoms with E-state index in [9.17, 15) is 0 Å². The summed E-state index contributed by atoms with van der Waals surface area (Å²) in [6.07, 6.45) is 0. The summed E-state index contributed by atoms with van der Waals surface area (Å²) in [6.45, 7) is 2.25. The molecule has 0 saturated heterocycles. The number of rotatable bonds is 6. The highest BCUT2D eigenvalue weighted by Crippen LogP contribution is 2.23. The smallest absolute Gasteiger partial charge is 0.133 e. The summed E-state index contributed by atoms with van der Waals surface area (Å²) in [6, 6.07) is 7.73. The summed E-state index contributed by atoms with van der Waals surface area (Å²) in [5.41, 5.74) is 5.27. The van der Waals surface area contributed by atoms with Gasteiger partial charge in [0.25, 0.3) is 0 Å². The molecular weight excluding hydrogens is 246 g/mol. The zero-order valence-electron chi connectivity index (χ0n) is 7.91. The summed E-state index contributed by atoms with van der Waals surface area (Å²) in [5.74, 6) is 0.837. The summed E-state index contributed by atoms with van der Waals surface area (Å²) >= 11 is 3.39. The molecule has 1 aromatic rings. The van der Waals surface area contributed by atoms with Crippen LogP contribution in [0.4, 0.5) is 0 Å². The van der Waals surface area contributed by atoms with E-state index in [1.54, 1.807) is 0 Å². The lowest BCUT2D eigenvalue weighted by Crippen LogP contribution is -2.13. The van der Waals surface area contributed by atoms with Crippen LogP contribution >= 0.6 is 15.9 Å². The molecule has 0 unspecified atom stereocenters. The first kappa shape index (κ1) is 11.5. The van der Waals surface area contributed by atoms with E-state index in [1.165, 1.54) is 0 Å². The van der Waals surface area contributed by atoms with Crippen molar-refractivity contribution in [2.75, 3.05) is 26.4 Å². The second-order valence-corrected chi connectivity index (χ2v) is 3.53. The van der Waals surface area contributed by atoms with Crippen molar-refractivity contribution in [3.63, 3.8) is 0 Å². The number of hydrogen-bond donors (Lipinski definition) is 1. The summed E-state index contributed by atoms with van der Waals surface area (Å²) in [4.78, 5) is 0. The summed E-state index contributed by atoms with van der Waals surface area (Å²) < 4.78 is 11.6. The van der Waals surface area contributed by atoms with E-state index in [1.807, 2.05) is 24.3 Å². The maximum atomic E-state index is 5.47. The zero-order valence-corrected chi connectivity index (χ0v) is 9.50. The predicted octanol–water partition coefficient (Wildman–Crippen LogP) is 1.80. The van der Waals surface area contributed by atoms with Crippen LogP contribution in [0.3, 0.4) is 0 Å². The summed E-state index contributed by atoms with van der Waals surface area (Å²) in [5, 5.41) is 0. The van der Waals surface area contributed by atoms with Crippen LogP contribution in [0.15, 0.2) is 28.7 Å². The molecule has 1 rings (SSSR count). The van der Waals surface area contributed by atoms with E-state index in [0.717, 1.165) is 10.2 Å². The first-order chi connectivity index (χ1) is 6.84. The molecule has 0 radical (unpaired) electrons. The number of ether oxygens (including phenoxy) is 2. The number of hydrogen-bond acceptors (Lipinski definition) is 3. The quantitative estimate of drug-likeness (QED) is 0.793. The molecule has 0 amide bonds. The Morgan fingerprint density at radius 3 is 2.64 bits per heavy atom. The molecule has 1 aromatic carbocycles. The van der Waals surface area contributed by atoms with Gasteiger partial charge < -0.3 is 15.2 Å². The standard InChI is InChI=1S/C10H14BrNO2/c11-9-3-1-2-4-10(9)14-8-7-13-6-5-12/h1-4H,5-8,12H2. The van der Waals surface area contributed by atoms with Gasteiger partial charge in [-0.2, -0.15) is 0 Å². The van der Waals surface area contributed by atoms with Crippen molar-refractivity contribution in [2.45, 2.75) is 0 Å². The van der Waals surface area contributed by atoms with Crippen LogP contribution in [-0.2, 0) is 4.74 Å². The van der Waals surface area contributed by atoms with Gasteiger partial charge in [0.2, 0.25) is 0 Å². The molecule has 0 aliphatic carbocycles. The molecule has 78 valence electrons. The van der Waals surface area contributed by atoms with Gasteiger partial charge in [-0.3, -0.25) is 0 Å². The Hall–Kier alpha value is -0.580. The highest BCUT2D eigenvalue weighted by atomic mass is 79.9. The molecular formula is C10H14BrNO2. The molecule has 0 saturated carbocycles. The van der Waals surface area contributed by atoms with Crippen LogP contribution in [0.2, 0.25) is 0 Å². The SMILES string of the molecule is NCCOCCOc1ccccc1Br. The number of nitrogens with two attached hydrogens (primary N) is 1. The topological polar surface area (TPSA) is 44.5 Å². The average molecular weight is 260 g/mol. The monoisotopic (exact) mass is 259 g/mol. The lowest BCUT2D eigenvalue weighted by atomic mass is 10.3. The Labute approximate surface area is 92.3 Å². The first-order valence-electron chi connectivity index (χ1n) is 4.49. The van der Waals surface area contributed by atoms with Crippen molar-refractivity contribution < 1.29 is 9.47 Å². The van der Waals surface area contributed by atoms with Gasteiger partial charge in [-0.25, -0.2) is 0 Å². The van der Waals surface area contributed by atoms with Gasteiger partial charge in [0.1, 0.15) is 12.4 Å². The van der Waals surface area contributed by atoms with Gasteiger partial charge in [-0.05, 0) is 28.1 Å². The Morgan fingerprint density at radius 2 is 1.93 bits per heavy atom. The van der Waals surface area contributed by atoms with E-state index in [-0.39, 0.29) is 0 Å². The van der Waals surface area contributed by atoms with Crippen LogP contribution in [0, 0.1) is 0 Å². The Kier molecular flexibility index (Phi) is 5.59. The fraction of sp³-hybridized carbons (Fsp3) is 0.400. The molecule has 0 spiro atoms. The molecule has 0 aliphatic heterocycles. The highest BCUT2D eigenvalue weighted by Gasteiger charge is 1.97. The van der Waals surface area contributed by atoms with Gasteiger partial charge >= 0.3 is 0 Å². The number of benzene rings is 1. The minimum Gasteiger partial charge on any atom is -0.490 e. The average Bonchev–Trinajstić information content (AvgIpc) is 2.20. The fourth-order valence-corrected chi connectivity index (χ4v) is 1.36. The van der Waals surface area contributed by atoms with Crippen molar-refractivity contribution in [3.05, 3.63) is 28.7 Å². The second-order valence-electron chi connectivity index (χ2n) is 2.68. The van der Waals surface area contributed by atoms with E-state index in [4.69, 9.17) is 15.2 Å². The van der Waals surface area contributed by atoms with Gasteiger partial charge in [-0.1, -0.05) is 12.1 Å². The predicted molar refractivity (Wildman–Crippen MR) is 59.5 cm³/mol. The second kappa shape index (κ2) is 6.81. The van der Waals surface area contributed by atoms with Gasteiger partial charge in [0.05, 0.1) is 17.7 Å². The zero-order chi connectivity index (χ0) is 10.2. The molecule has 0 atom stereocenters. The van der Waals surface area contributed by atoms with Crippen molar-refractivity contribution >= 4 is 15.9 Å². The van der Waals surface area contributed by atoms with Crippen molar-refractivity contribution in [2.24, 2.45) is 5.73 Å². The Morgan fingerprint density at radius 1 is 1.14 bits per heavy atom. The third-order valence-corrected chi connectivity index (χ3v) is 2.24. The molecule has 0 aromatic heterocycles. The van der Waals surface area contributed by atoms with Crippen LogP contribution in [0.1, 0.15) is 0 Å². The highest BCUT2D eigenvalue weighted by molar-refractivity contribution is 9.10. The molecule has 3 nitrogen and oxygen atoms in total. The van der Waals surface area contributed by atoms with Gasteiger partial charge in [0, 0.05) is 6.54 Å². The molecule has 0 aliphatic rings. The lowest BCUT2D eigenvalue weighted by molar-refractivity contribution is 0.105. The van der Waals surface area contributed by atoms with Crippen LogP contribution < -0.4 is 10.5 Å². The third-order valence-electron chi connectivity index (χ3n) is 1.58.